The van der Waals surface area contributed by atoms with E-state index in [4.69, 9.17) is 4.74 Å². The van der Waals surface area contributed by atoms with E-state index in [1.807, 2.05) is 24.9 Å². The van der Waals surface area contributed by atoms with Gasteiger partial charge in [0.1, 0.15) is 0 Å². The van der Waals surface area contributed by atoms with E-state index in [-0.39, 0.29) is 11.7 Å². The van der Waals surface area contributed by atoms with Gasteiger partial charge in [-0.3, -0.25) is 4.79 Å². The quantitative estimate of drug-likeness (QED) is 0.794. The number of nitrogens with zero attached hydrogens (tertiary/aromatic N) is 6. The molecule has 3 heterocycles. The van der Waals surface area contributed by atoms with Crippen LogP contribution in [0.25, 0.3) is 0 Å². The molecule has 1 aliphatic rings. The van der Waals surface area contributed by atoms with Crippen molar-refractivity contribution in [2.75, 3.05) is 43.1 Å². The Morgan fingerprint density at radius 1 is 1.38 bits per heavy atom. The molecule has 1 fully saturated rings. The lowest BCUT2D eigenvalue weighted by molar-refractivity contribution is 0.0452. The van der Waals surface area contributed by atoms with E-state index >= 15 is 0 Å². The molecule has 128 valence electrons. The van der Waals surface area contributed by atoms with E-state index in [0.717, 1.165) is 18.2 Å². The predicted molar refractivity (Wildman–Crippen MR) is 91.5 cm³/mol. The highest BCUT2D eigenvalue weighted by atomic mass is 16.5. The van der Waals surface area contributed by atoms with Gasteiger partial charge in [0.15, 0.2) is 5.82 Å². The Morgan fingerprint density at radius 2 is 2.21 bits per heavy atom. The van der Waals surface area contributed by atoms with Gasteiger partial charge in [0.25, 0.3) is 5.56 Å². The van der Waals surface area contributed by atoms with E-state index in [2.05, 4.69) is 19.9 Å². The fourth-order valence-corrected chi connectivity index (χ4v) is 2.74. The van der Waals surface area contributed by atoms with Gasteiger partial charge < -0.3 is 19.1 Å². The number of ether oxygens (including phenoxy) is 1. The molecule has 2 aromatic heterocycles. The standard InChI is InChI=1S/C16H22N6O2/c1-12-4-5-18-16(19-12)22-8-9-24-13(11-22)10-21(3)14-15(23)20(2)7-6-17-14/h4-7,13H,8-11H2,1-3H3/t13-/m1/s1. The number of hydrogen-bond acceptors (Lipinski definition) is 7. The Balaban J connectivity index is 1.69. The van der Waals surface area contributed by atoms with Crippen LogP contribution in [0.5, 0.6) is 0 Å². The van der Waals surface area contributed by atoms with Crippen molar-refractivity contribution in [2.24, 2.45) is 7.05 Å². The number of morpholine rings is 1. The van der Waals surface area contributed by atoms with Gasteiger partial charge in [-0.2, -0.15) is 0 Å². The zero-order valence-corrected chi connectivity index (χ0v) is 14.2. The molecule has 0 saturated carbocycles. The lowest BCUT2D eigenvalue weighted by atomic mass is 10.2. The highest BCUT2D eigenvalue weighted by molar-refractivity contribution is 5.35. The maximum Gasteiger partial charge on any atom is 0.293 e. The maximum atomic E-state index is 12.2. The van der Waals surface area contributed by atoms with Gasteiger partial charge in [-0.1, -0.05) is 0 Å². The minimum absolute atomic E-state index is 0.0421. The third-order valence-corrected chi connectivity index (χ3v) is 4.04. The second-order valence-electron chi connectivity index (χ2n) is 5.98. The van der Waals surface area contributed by atoms with Crippen molar-refractivity contribution in [3.8, 4) is 0 Å². The molecule has 1 atom stereocenters. The molecule has 0 radical (unpaired) electrons. The normalized spacial score (nSPS) is 17.8. The number of aryl methyl sites for hydroxylation is 2. The maximum absolute atomic E-state index is 12.2. The number of hydrogen-bond donors (Lipinski definition) is 0. The highest BCUT2D eigenvalue weighted by Crippen LogP contribution is 2.14. The SMILES string of the molecule is Cc1ccnc(N2CCO[C@H](CN(C)c3nccn(C)c3=O)C2)n1. The van der Waals surface area contributed by atoms with Crippen LogP contribution in [0.1, 0.15) is 5.69 Å². The fourth-order valence-electron chi connectivity index (χ4n) is 2.74. The average molecular weight is 330 g/mol. The van der Waals surface area contributed by atoms with Gasteiger partial charge in [-0.15, -0.1) is 0 Å². The van der Waals surface area contributed by atoms with Gasteiger partial charge in [-0.05, 0) is 13.0 Å². The number of anilines is 2. The predicted octanol–water partition coefficient (Wildman–Crippen LogP) is 0.220. The fraction of sp³-hybridized carbons (Fsp3) is 0.500. The number of rotatable bonds is 4. The van der Waals surface area contributed by atoms with E-state index in [9.17, 15) is 4.79 Å². The van der Waals surface area contributed by atoms with E-state index in [1.165, 1.54) is 4.57 Å². The first-order valence-corrected chi connectivity index (χ1v) is 7.93. The van der Waals surface area contributed by atoms with Crippen LogP contribution in [0.2, 0.25) is 0 Å². The Labute approximate surface area is 140 Å². The van der Waals surface area contributed by atoms with Crippen molar-refractivity contribution in [2.45, 2.75) is 13.0 Å². The summed E-state index contributed by atoms with van der Waals surface area (Å²) in [7, 11) is 3.57. The zero-order valence-electron chi connectivity index (χ0n) is 14.2. The molecule has 2 aromatic rings. The average Bonchev–Trinajstić information content (AvgIpc) is 2.57. The molecule has 1 saturated heterocycles. The van der Waals surface area contributed by atoms with Crippen molar-refractivity contribution in [3.63, 3.8) is 0 Å². The van der Waals surface area contributed by atoms with E-state index < -0.39 is 0 Å². The van der Waals surface area contributed by atoms with E-state index in [1.54, 1.807) is 25.6 Å². The molecule has 0 aromatic carbocycles. The summed E-state index contributed by atoms with van der Waals surface area (Å²) in [5.41, 5.74) is 0.826. The van der Waals surface area contributed by atoms with Crippen molar-refractivity contribution in [3.05, 3.63) is 40.7 Å². The summed E-state index contributed by atoms with van der Waals surface area (Å²) in [6.07, 6.45) is 5.00. The topological polar surface area (TPSA) is 76.4 Å². The van der Waals surface area contributed by atoms with Crippen LogP contribution in [0, 0.1) is 6.92 Å². The summed E-state index contributed by atoms with van der Waals surface area (Å²) in [4.78, 5) is 29.1. The molecule has 0 unspecified atom stereocenters. The Kier molecular flexibility index (Phi) is 4.75. The molecule has 0 bridgehead atoms. The molecule has 8 nitrogen and oxygen atoms in total. The second-order valence-corrected chi connectivity index (χ2v) is 5.98. The first-order valence-electron chi connectivity index (χ1n) is 7.93. The molecular formula is C16H22N6O2. The van der Waals surface area contributed by atoms with Crippen LogP contribution in [-0.4, -0.2) is 58.9 Å². The van der Waals surface area contributed by atoms with Gasteiger partial charge >= 0.3 is 0 Å². The van der Waals surface area contributed by atoms with Crippen molar-refractivity contribution in [1.29, 1.82) is 0 Å². The highest BCUT2D eigenvalue weighted by Gasteiger charge is 2.24. The Hall–Kier alpha value is -2.48. The molecule has 3 rings (SSSR count). The summed E-state index contributed by atoms with van der Waals surface area (Å²) in [6.45, 7) is 4.58. The summed E-state index contributed by atoms with van der Waals surface area (Å²) < 4.78 is 7.37. The van der Waals surface area contributed by atoms with Gasteiger partial charge in [0.2, 0.25) is 5.95 Å². The van der Waals surface area contributed by atoms with Crippen LogP contribution in [0.3, 0.4) is 0 Å². The minimum atomic E-state index is -0.116. The van der Waals surface area contributed by atoms with Crippen LogP contribution < -0.4 is 15.4 Å². The molecule has 24 heavy (non-hydrogen) atoms. The summed E-state index contributed by atoms with van der Waals surface area (Å²) >= 11 is 0. The molecule has 0 N–H and O–H groups in total. The van der Waals surface area contributed by atoms with Crippen molar-refractivity contribution in [1.82, 2.24) is 19.5 Å². The van der Waals surface area contributed by atoms with E-state index in [0.29, 0.717) is 25.5 Å². The lowest BCUT2D eigenvalue weighted by Gasteiger charge is -2.35. The third kappa shape index (κ3) is 3.53. The van der Waals surface area contributed by atoms with Crippen LogP contribution in [0.4, 0.5) is 11.8 Å². The monoisotopic (exact) mass is 330 g/mol. The van der Waals surface area contributed by atoms with Crippen molar-refractivity contribution < 1.29 is 4.74 Å². The third-order valence-electron chi connectivity index (χ3n) is 4.04. The zero-order chi connectivity index (χ0) is 17.1. The number of likely N-dealkylation sites (N-methyl/N-ethyl adjacent to an activating group) is 1. The molecule has 0 aliphatic carbocycles. The van der Waals surface area contributed by atoms with Crippen LogP contribution in [-0.2, 0) is 11.8 Å². The lowest BCUT2D eigenvalue weighted by Crippen LogP contribution is -2.48. The van der Waals surface area contributed by atoms with Crippen LogP contribution in [0.15, 0.2) is 29.5 Å². The summed E-state index contributed by atoms with van der Waals surface area (Å²) in [6, 6.07) is 1.88. The molecular weight excluding hydrogens is 308 g/mol. The molecule has 0 spiro atoms. The molecule has 8 heteroatoms. The largest absolute Gasteiger partial charge is 0.373 e. The van der Waals surface area contributed by atoms with Crippen molar-refractivity contribution >= 4 is 11.8 Å². The molecule has 1 aliphatic heterocycles. The number of aromatic nitrogens is 4. The Bertz CT molecular complexity index is 762. The van der Waals surface area contributed by atoms with Gasteiger partial charge in [0.05, 0.1) is 12.7 Å². The summed E-state index contributed by atoms with van der Waals surface area (Å²) in [5.74, 6) is 1.15. The van der Waals surface area contributed by atoms with Gasteiger partial charge in [0, 0.05) is 58.0 Å². The smallest absolute Gasteiger partial charge is 0.293 e. The second kappa shape index (κ2) is 6.96. The summed E-state index contributed by atoms with van der Waals surface area (Å²) in [5, 5.41) is 0. The minimum Gasteiger partial charge on any atom is -0.373 e. The molecule has 0 amide bonds. The van der Waals surface area contributed by atoms with Gasteiger partial charge in [-0.25, -0.2) is 15.0 Å². The first-order chi connectivity index (χ1) is 11.5. The first kappa shape index (κ1) is 16.4. The Morgan fingerprint density at radius 3 is 3.00 bits per heavy atom. The van der Waals surface area contributed by atoms with Crippen LogP contribution >= 0.6 is 0 Å².